The molecule has 28 heavy (non-hydrogen) atoms. The first-order valence-electron chi connectivity index (χ1n) is 10.2. The summed E-state index contributed by atoms with van der Waals surface area (Å²) in [6, 6.07) is 14.6. The number of benzene rings is 2. The maximum absolute atomic E-state index is 6.51. The van der Waals surface area contributed by atoms with Crippen LogP contribution in [0.15, 0.2) is 42.5 Å². The highest BCUT2D eigenvalue weighted by molar-refractivity contribution is 5.47. The average molecular weight is 382 g/mol. The van der Waals surface area contributed by atoms with Crippen LogP contribution < -0.4 is 4.74 Å². The van der Waals surface area contributed by atoms with Gasteiger partial charge in [0.1, 0.15) is 24.6 Å². The lowest BCUT2D eigenvalue weighted by molar-refractivity contribution is -0.181. The minimum atomic E-state index is -0.205. The van der Waals surface area contributed by atoms with Crippen molar-refractivity contribution in [2.45, 2.75) is 51.0 Å². The molecule has 0 N–H and O–H groups in total. The number of hydrogen-bond donors (Lipinski definition) is 0. The number of ether oxygens (including phenoxy) is 5. The number of hydrogen-bond acceptors (Lipinski definition) is 5. The van der Waals surface area contributed by atoms with Gasteiger partial charge >= 0.3 is 0 Å². The molecule has 0 aliphatic carbocycles. The SMILES string of the molecule is c1ccc2c(c1)COc1ccc(COCC3CO3)cc1C2OC1CCCCO1. The van der Waals surface area contributed by atoms with Crippen molar-refractivity contribution in [3.63, 3.8) is 0 Å². The fraction of sp³-hybridized carbons (Fsp3) is 0.478. The summed E-state index contributed by atoms with van der Waals surface area (Å²) in [6.07, 6.45) is 3.06. The number of epoxide rings is 1. The molecule has 0 spiro atoms. The second-order valence-electron chi connectivity index (χ2n) is 7.64. The van der Waals surface area contributed by atoms with Crippen LogP contribution in [0.4, 0.5) is 0 Å². The van der Waals surface area contributed by atoms with E-state index in [0.29, 0.717) is 19.8 Å². The van der Waals surface area contributed by atoms with E-state index in [9.17, 15) is 0 Å². The Balaban J connectivity index is 1.44. The molecule has 0 saturated carbocycles. The van der Waals surface area contributed by atoms with E-state index in [1.54, 1.807) is 0 Å². The number of fused-ring (bicyclic) bond motifs is 2. The van der Waals surface area contributed by atoms with Gasteiger partial charge in [0.25, 0.3) is 0 Å². The Hall–Kier alpha value is -1.92. The summed E-state index contributed by atoms with van der Waals surface area (Å²) in [5, 5.41) is 0. The van der Waals surface area contributed by atoms with E-state index in [4.69, 9.17) is 23.7 Å². The van der Waals surface area contributed by atoms with Gasteiger partial charge in [-0.3, -0.25) is 0 Å². The van der Waals surface area contributed by atoms with Crippen LogP contribution in [0.3, 0.4) is 0 Å². The smallest absolute Gasteiger partial charge is 0.158 e. The van der Waals surface area contributed by atoms with E-state index < -0.39 is 0 Å². The van der Waals surface area contributed by atoms with E-state index >= 15 is 0 Å². The van der Waals surface area contributed by atoms with Crippen LogP contribution in [0.2, 0.25) is 0 Å². The molecule has 5 rings (SSSR count). The second-order valence-corrected chi connectivity index (χ2v) is 7.64. The molecule has 3 unspecified atom stereocenters. The molecule has 3 atom stereocenters. The lowest BCUT2D eigenvalue weighted by atomic mass is 9.96. The fourth-order valence-corrected chi connectivity index (χ4v) is 3.86. The normalized spacial score (nSPS) is 25.9. The molecule has 3 heterocycles. The van der Waals surface area contributed by atoms with Crippen molar-refractivity contribution in [3.05, 3.63) is 64.7 Å². The largest absolute Gasteiger partial charge is 0.488 e. The quantitative estimate of drug-likeness (QED) is 0.703. The lowest BCUT2D eigenvalue weighted by Gasteiger charge is -2.28. The molecule has 0 amide bonds. The summed E-state index contributed by atoms with van der Waals surface area (Å²) < 4.78 is 29.5. The Morgan fingerprint density at radius 3 is 2.79 bits per heavy atom. The first-order valence-corrected chi connectivity index (χ1v) is 10.2. The van der Waals surface area contributed by atoms with Crippen LogP contribution in [-0.2, 0) is 32.2 Å². The van der Waals surface area contributed by atoms with Crippen molar-refractivity contribution in [2.75, 3.05) is 19.8 Å². The minimum absolute atomic E-state index is 0.176. The molecule has 3 aliphatic rings. The van der Waals surface area contributed by atoms with E-state index in [0.717, 1.165) is 60.5 Å². The summed E-state index contributed by atoms with van der Waals surface area (Å²) in [7, 11) is 0. The van der Waals surface area contributed by atoms with Gasteiger partial charge in [0, 0.05) is 12.2 Å². The van der Waals surface area contributed by atoms with E-state index in [1.807, 2.05) is 12.1 Å². The highest BCUT2D eigenvalue weighted by Gasteiger charge is 2.29. The van der Waals surface area contributed by atoms with Gasteiger partial charge in [-0.2, -0.15) is 0 Å². The molecule has 2 aromatic carbocycles. The zero-order valence-corrected chi connectivity index (χ0v) is 16.0. The maximum atomic E-state index is 6.51. The predicted octanol–water partition coefficient (Wildman–Crippen LogP) is 4.13. The van der Waals surface area contributed by atoms with Gasteiger partial charge in [-0.25, -0.2) is 0 Å². The Bertz CT molecular complexity index is 810. The van der Waals surface area contributed by atoms with Gasteiger partial charge in [-0.1, -0.05) is 30.3 Å². The highest BCUT2D eigenvalue weighted by Crippen LogP contribution is 2.40. The molecule has 2 fully saturated rings. The third-order valence-corrected chi connectivity index (χ3v) is 5.48. The Morgan fingerprint density at radius 1 is 1.00 bits per heavy atom. The summed E-state index contributed by atoms with van der Waals surface area (Å²) in [5.41, 5.74) is 4.46. The molecule has 148 valence electrons. The standard InChI is InChI=1S/C23H26O5/c1-2-6-19-17(5-1)13-27-21-9-8-16(12-24-14-18-15-26-18)11-20(21)23(19)28-22-7-3-4-10-25-22/h1-2,5-6,8-9,11,18,22-23H,3-4,7,10,12-15H2. The van der Waals surface area contributed by atoms with Crippen LogP contribution in [0.1, 0.15) is 47.6 Å². The molecule has 0 aromatic heterocycles. The summed E-state index contributed by atoms with van der Waals surface area (Å²) in [6.45, 7) is 3.32. The van der Waals surface area contributed by atoms with Crippen LogP contribution in [0.25, 0.3) is 0 Å². The van der Waals surface area contributed by atoms with Crippen molar-refractivity contribution in [3.8, 4) is 5.75 Å². The monoisotopic (exact) mass is 382 g/mol. The lowest BCUT2D eigenvalue weighted by Crippen LogP contribution is -2.25. The first-order chi connectivity index (χ1) is 13.9. The molecular formula is C23H26O5. The Kier molecular flexibility index (Phi) is 5.32. The topological polar surface area (TPSA) is 49.5 Å². The van der Waals surface area contributed by atoms with Crippen LogP contribution in [0, 0.1) is 0 Å². The van der Waals surface area contributed by atoms with Crippen molar-refractivity contribution in [1.82, 2.24) is 0 Å². The molecule has 0 bridgehead atoms. The van der Waals surface area contributed by atoms with Gasteiger partial charge in [-0.15, -0.1) is 0 Å². The van der Waals surface area contributed by atoms with Gasteiger partial charge in [-0.05, 0) is 48.1 Å². The molecule has 5 nitrogen and oxygen atoms in total. The van der Waals surface area contributed by atoms with Crippen LogP contribution >= 0.6 is 0 Å². The maximum Gasteiger partial charge on any atom is 0.158 e. The van der Waals surface area contributed by atoms with Gasteiger partial charge in [0.2, 0.25) is 0 Å². The van der Waals surface area contributed by atoms with Crippen LogP contribution in [-0.4, -0.2) is 32.2 Å². The van der Waals surface area contributed by atoms with E-state index in [1.165, 1.54) is 0 Å². The first kappa shape index (κ1) is 18.1. The van der Waals surface area contributed by atoms with Gasteiger partial charge in [0.15, 0.2) is 6.29 Å². The molecule has 2 saturated heterocycles. The fourth-order valence-electron chi connectivity index (χ4n) is 3.86. The van der Waals surface area contributed by atoms with Crippen molar-refractivity contribution >= 4 is 0 Å². The van der Waals surface area contributed by atoms with E-state index in [-0.39, 0.29) is 18.5 Å². The highest BCUT2D eigenvalue weighted by atomic mass is 16.7. The van der Waals surface area contributed by atoms with Crippen molar-refractivity contribution in [1.29, 1.82) is 0 Å². The zero-order chi connectivity index (χ0) is 18.8. The second kappa shape index (κ2) is 8.21. The Morgan fingerprint density at radius 2 is 1.93 bits per heavy atom. The third kappa shape index (κ3) is 4.08. The molecule has 0 radical (unpaired) electrons. The summed E-state index contributed by atoms with van der Waals surface area (Å²) in [5.74, 6) is 0.867. The van der Waals surface area contributed by atoms with Crippen molar-refractivity contribution < 1.29 is 23.7 Å². The minimum Gasteiger partial charge on any atom is -0.488 e. The molecule has 2 aromatic rings. The Labute approximate surface area is 165 Å². The number of rotatable bonds is 6. The zero-order valence-electron chi connectivity index (χ0n) is 16.0. The van der Waals surface area contributed by atoms with Crippen LogP contribution in [0.5, 0.6) is 5.75 Å². The van der Waals surface area contributed by atoms with Crippen molar-refractivity contribution in [2.24, 2.45) is 0 Å². The van der Waals surface area contributed by atoms with Gasteiger partial charge in [0.05, 0.1) is 19.8 Å². The summed E-state index contributed by atoms with van der Waals surface area (Å²) in [4.78, 5) is 0. The van der Waals surface area contributed by atoms with E-state index in [2.05, 4.69) is 30.3 Å². The van der Waals surface area contributed by atoms with Gasteiger partial charge < -0.3 is 23.7 Å². The molecule has 5 heteroatoms. The molecule has 3 aliphatic heterocycles. The molecular weight excluding hydrogens is 356 g/mol. The predicted molar refractivity (Wildman–Crippen MR) is 103 cm³/mol. The summed E-state index contributed by atoms with van der Waals surface area (Å²) >= 11 is 0. The average Bonchev–Trinajstić information content (AvgIpc) is 3.57. The third-order valence-electron chi connectivity index (χ3n) is 5.48.